The minimum Gasteiger partial charge on any atom is -0.465 e. The summed E-state index contributed by atoms with van der Waals surface area (Å²) in [6.07, 6.45) is 1.64. The van der Waals surface area contributed by atoms with Crippen molar-refractivity contribution in [2.75, 3.05) is 39.4 Å². The fraction of sp³-hybridized carbons (Fsp3) is 0.933. The summed E-state index contributed by atoms with van der Waals surface area (Å²) in [4.78, 5) is 15.0. The van der Waals surface area contributed by atoms with Crippen LogP contribution in [0.2, 0.25) is 0 Å². The molecule has 5 nitrogen and oxygen atoms in total. The molecule has 1 N–H and O–H groups in total. The zero-order chi connectivity index (χ0) is 14.6. The van der Waals surface area contributed by atoms with Gasteiger partial charge in [0, 0.05) is 39.2 Å². The predicted octanol–water partition coefficient (Wildman–Crippen LogP) is 1.03. The summed E-state index contributed by atoms with van der Waals surface area (Å²) < 4.78 is 11.3. The number of nitrogens with zero attached hydrogens (tertiary/aromatic N) is 1. The number of carbonyl (C=O) groups is 1. The third-order valence-corrected chi connectivity index (χ3v) is 4.51. The Balaban J connectivity index is 2.20. The second kappa shape index (κ2) is 6.87. The van der Waals surface area contributed by atoms with E-state index in [0.29, 0.717) is 19.1 Å². The van der Waals surface area contributed by atoms with Crippen molar-refractivity contribution in [3.05, 3.63) is 0 Å². The predicted molar refractivity (Wildman–Crippen MR) is 77.6 cm³/mol. The van der Waals surface area contributed by atoms with Crippen molar-refractivity contribution in [3.63, 3.8) is 0 Å². The molecule has 0 aromatic heterocycles. The van der Waals surface area contributed by atoms with Crippen molar-refractivity contribution in [2.45, 2.75) is 45.3 Å². The Labute approximate surface area is 122 Å². The Morgan fingerprint density at radius 3 is 2.75 bits per heavy atom. The van der Waals surface area contributed by atoms with Crippen molar-refractivity contribution in [1.82, 2.24) is 10.2 Å². The summed E-state index contributed by atoms with van der Waals surface area (Å²) in [5, 5.41) is 3.35. The van der Waals surface area contributed by atoms with Crippen LogP contribution in [-0.2, 0) is 14.3 Å². The maximum atomic E-state index is 12.6. The van der Waals surface area contributed by atoms with Crippen molar-refractivity contribution in [1.29, 1.82) is 0 Å². The Bertz CT molecular complexity index is 329. The van der Waals surface area contributed by atoms with Gasteiger partial charge in [-0.3, -0.25) is 9.69 Å². The lowest BCUT2D eigenvalue weighted by molar-refractivity contribution is -0.172. The van der Waals surface area contributed by atoms with Crippen LogP contribution in [0, 0.1) is 5.92 Å². The molecule has 2 unspecified atom stereocenters. The first-order valence-corrected chi connectivity index (χ1v) is 7.84. The molecule has 0 aliphatic carbocycles. The van der Waals surface area contributed by atoms with Crippen LogP contribution < -0.4 is 5.32 Å². The van der Waals surface area contributed by atoms with E-state index >= 15 is 0 Å². The molecule has 2 rings (SSSR count). The Morgan fingerprint density at radius 2 is 2.15 bits per heavy atom. The molecule has 2 aliphatic rings. The van der Waals surface area contributed by atoms with E-state index in [9.17, 15) is 4.79 Å². The highest BCUT2D eigenvalue weighted by atomic mass is 16.5. The van der Waals surface area contributed by atoms with Gasteiger partial charge in [-0.15, -0.1) is 0 Å². The molecule has 2 saturated heterocycles. The van der Waals surface area contributed by atoms with E-state index in [1.165, 1.54) is 0 Å². The number of rotatable bonds is 4. The molecule has 0 amide bonds. The number of piperazine rings is 1. The average Bonchev–Trinajstić information content (AvgIpc) is 2.48. The highest BCUT2D eigenvalue weighted by Gasteiger charge is 2.49. The summed E-state index contributed by atoms with van der Waals surface area (Å²) in [6, 6.07) is 0. The Kier molecular flexibility index (Phi) is 5.41. The molecule has 20 heavy (non-hydrogen) atoms. The van der Waals surface area contributed by atoms with E-state index in [2.05, 4.69) is 24.1 Å². The van der Waals surface area contributed by atoms with Gasteiger partial charge in [0.05, 0.1) is 12.7 Å². The van der Waals surface area contributed by atoms with Gasteiger partial charge in [-0.2, -0.15) is 0 Å². The molecule has 2 atom stereocenters. The van der Waals surface area contributed by atoms with E-state index in [0.717, 1.165) is 39.0 Å². The first-order chi connectivity index (χ1) is 9.60. The lowest BCUT2D eigenvalue weighted by Gasteiger charge is -2.48. The van der Waals surface area contributed by atoms with Crippen LogP contribution in [-0.4, -0.2) is 61.9 Å². The van der Waals surface area contributed by atoms with Crippen LogP contribution >= 0.6 is 0 Å². The summed E-state index contributed by atoms with van der Waals surface area (Å²) in [5.74, 6) is 0.364. The number of hydrogen-bond donors (Lipinski definition) is 1. The molecule has 0 bridgehead atoms. The lowest BCUT2D eigenvalue weighted by Crippen LogP contribution is -2.64. The van der Waals surface area contributed by atoms with E-state index in [1.54, 1.807) is 0 Å². The number of ether oxygens (including phenoxy) is 2. The van der Waals surface area contributed by atoms with Crippen LogP contribution in [0.3, 0.4) is 0 Å². The van der Waals surface area contributed by atoms with Gasteiger partial charge in [-0.05, 0) is 19.3 Å². The van der Waals surface area contributed by atoms with E-state index in [-0.39, 0.29) is 12.1 Å². The first-order valence-electron chi connectivity index (χ1n) is 7.84. The van der Waals surface area contributed by atoms with Gasteiger partial charge in [-0.25, -0.2) is 0 Å². The molecule has 0 aromatic rings. The van der Waals surface area contributed by atoms with Crippen molar-refractivity contribution in [2.24, 2.45) is 5.92 Å². The SMILES string of the molecule is CCOC(=O)C1(N2CCNCC2)CCOC(C(C)C)C1. The van der Waals surface area contributed by atoms with Gasteiger partial charge < -0.3 is 14.8 Å². The molecular weight excluding hydrogens is 256 g/mol. The van der Waals surface area contributed by atoms with Crippen LogP contribution in [0.5, 0.6) is 0 Å². The van der Waals surface area contributed by atoms with Gasteiger partial charge >= 0.3 is 5.97 Å². The summed E-state index contributed by atoms with van der Waals surface area (Å²) in [6.45, 7) is 11.0. The quantitative estimate of drug-likeness (QED) is 0.781. The van der Waals surface area contributed by atoms with Crippen LogP contribution in [0.4, 0.5) is 0 Å². The zero-order valence-corrected chi connectivity index (χ0v) is 13.0. The highest BCUT2D eigenvalue weighted by molar-refractivity contribution is 5.81. The number of esters is 1. The van der Waals surface area contributed by atoms with Gasteiger partial charge in [0.2, 0.25) is 0 Å². The molecule has 2 aliphatic heterocycles. The Morgan fingerprint density at radius 1 is 1.45 bits per heavy atom. The third-order valence-electron chi connectivity index (χ3n) is 4.51. The van der Waals surface area contributed by atoms with Crippen molar-refractivity contribution < 1.29 is 14.3 Å². The maximum Gasteiger partial charge on any atom is 0.326 e. The maximum absolute atomic E-state index is 12.6. The molecule has 0 radical (unpaired) electrons. The minimum atomic E-state index is -0.481. The fourth-order valence-corrected chi connectivity index (χ4v) is 3.26. The molecule has 2 heterocycles. The monoisotopic (exact) mass is 284 g/mol. The van der Waals surface area contributed by atoms with Gasteiger partial charge in [0.1, 0.15) is 5.54 Å². The molecule has 0 aromatic carbocycles. The van der Waals surface area contributed by atoms with Gasteiger partial charge in [0.15, 0.2) is 0 Å². The Hall–Kier alpha value is -0.650. The standard InChI is InChI=1S/C15H28N2O3/c1-4-19-14(18)15(17-8-6-16-7-9-17)5-10-20-13(11-15)12(2)3/h12-13,16H,4-11H2,1-3H3. The summed E-state index contributed by atoms with van der Waals surface area (Å²) in [7, 11) is 0. The first kappa shape index (κ1) is 15.7. The zero-order valence-electron chi connectivity index (χ0n) is 13.0. The van der Waals surface area contributed by atoms with Crippen LogP contribution in [0.15, 0.2) is 0 Å². The lowest BCUT2D eigenvalue weighted by atomic mass is 9.81. The molecule has 116 valence electrons. The second-order valence-electron chi connectivity index (χ2n) is 6.10. The number of hydrogen-bond acceptors (Lipinski definition) is 5. The summed E-state index contributed by atoms with van der Waals surface area (Å²) >= 11 is 0. The van der Waals surface area contributed by atoms with Gasteiger partial charge in [-0.1, -0.05) is 13.8 Å². The number of nitrogens with one attached hydrogen (secondary N) is 1. The second-order valence-corrected chi connectivity index (χ2v) is 6.10. The highest BCUT2D eigenvalue weighted by Crippen LogP contribution is 2.35. The minimum absolute atomic E-state index is 0.0594. The molecule has 0 spiro atoms. The summed E-state index contributed by atoms with van der Waals surface area (Å²) in [5.41, 5.74) is -0.481. The molecule has 2 fully saturated rings. The fourth-order valence-electron chi connectivity index (χ4n) is 3.26. The van der Waals surface area contributed by atoms with Gasteiger partial charge in [0.25, 0.3) is 0 Å². The topological polar surface area (TPSA) is 50.8 Å². The molecule has 5 heteroatoms. The van der Waals surface area contributed by atoms with Crippen molar-refractivity contribution >= 4 is 5.97 Å². The smallest absolute Gasteiger partial charge is 0.326 e. The molecule has 0 saturated carbocycles. The van der Waals surface area contributed by atoms with E-state index in [1.807, 2.05) is 6.92 Å². The number of carbonyl (C=O) groups excluding carboxylic acids is 1. The van der Waals surface area contributed by atoms with Crippen molar-refractivity contribution in [3.8, 4) is 0 Å². The average molecular weight is 284 g/mol. The molecular formula is C15H28N2O3. The van der Waals surface area contributed by atoms with Crippen LogP contribution in [0.1, 0.15) is 33.6 Å². The normalized spacial score (nSPS) is 32.3. The van der Waals surface area contributed by atoms with E-state index in [4.69, 9.17) is 9.47 Å². The van der Waals surface area contributed by atoms with Crippen LogP contribution in [0.25, 0.3) is 0 Å². The third kappa shape index (κ3) is 3.15. The van der Waals surface area contributed by atoms with E-state index < -0.39 is 5.54 Å². The largest absolute Gasteiger partial charge is 0.465 e.